The van der Waals surface area contributed by atoms with Crippen molar-refractivity contribution >= 4 is 11.9 Å². The van der Waals surface area contributed by atoms with E-state index in [1.807, 2.05) is 4.90 Å². The Bertz CT molecular complexity index is 308. The largest absolute Gasteiger partial charge is 0.481 e. The van der Waals surface area contributed by atoms with E-state index in [-0.39, 0.29) is 11.8 Å². The molecule has 4 nitrogen and oxygen atoms in total. The van der Waals surface area contributed by atoms with E-state index < -0.39 is 5.97 Å². The number of likely N-dealkylation sites (tertiary alicyclic amines) is 1. The molecule has 1 saturated heterocycles. The van der Waals surface area contributed by atoms with Crippen LogP contribution in [-0.4, -0.2) is 34.5 Å². The Hall–Kier alpha value is -1.06. The lowest BCUT2D eigenvalue weighted by Crippen LogP contribution is -2.48. The number of carboxylic acid groups (broad SMARTS) is 1. The first-order valence-electron chi connectivity index (χ1n) is 7.21. The SMILES string of the molecule is O=C(O)C1CCC(=O)N(C2CCCCCCC2)C1. The Balaban J connectivity index is 1.98. The summed E-state index contributed by atoms with van der Waals surface area (Å²) in [6.45, 7) is 0.429. The van der Waals surface area contributed by atoms with E-state index in [1.165, 1.54) is 32.1 Å². The third-order valence-electron chi connectivity index (χ3n) is 4.31. The summed E-state index contributed by atoms with van der Waals surface area (Å²) < 4.78 is 0. The summed E-state index contributed by atoms with van der Waals surface area (Å²) >= 11 is 0. The summed E-state index contributed by atoms with van der Waals surface area (Å²) in [5.74, 6) is -0.940. The van der Waals surface area contributed by atoms with Crippen LogP contribution in [0.4, 0.5) is 0 Å². The number of piperidine rings is 1. The number of hydrogen-bond acceptors (Lipinski definition) is 2. The van der Waals surface area contributed by atoms with Crippen LogP contribution in [0.1, 0.15) is 57.8 Å². The molecular formula is C14H23NO3. The molecule has 102 valence electrons. The average Bonchev–Trinajstić information content (AvgIpc) is 2.29. The summed E-state index contributed by atoms with van der Waals surface area (Å²) in [5, 5.41) is 9.10. The van der Waals surface area contributed by atoms with Crippen molar-refractivity contribution in [3.63, 3.8) is 0 Å². The smallest absolute Gasteiger partial charge is 0.308 e. The number of aliphatic carboxylic acids is 1. The van der Waals surface area contributed by atoms with Gasteiger partial charge in [0.15, 0.2) is 0 Å². The molecule has 1 amide bonds. The Morgan fingerprint density at radius 2 is 1.67 bits per heavy atom. The molecule has 2 fully saturated rings. The molecule has 4 heteroatoms. The third-order valence-corrected chi connectivity index (χ3v) is 4.31. The molecular weight excluding hydrogens is 230 g/mol. The number of amides is 1. The number of rotatable bonds is 2. The summed E-state index contributed by atoms with van der Waals surface area (Å²) in [7, 11) is 0. The Labute approximate surface area is 108 Å². The van der Waals surface area contributed by atoms with Crippen molar-refractivity contribution in [3.05, 3.63) is 0 Å². The van der Waals surface area contributed by atoms with Gasteiger partial charge in [-0.3, -0.25) is 9.59 Å². The number of nitrogens with zero attached hydrogens (tertiary/aromatic N) is 1. The second kappa shape index (κ2) is 6.21. The minimum Gasteiger partial charge on any atom is -0.481 e. The fourth-order valence-electron chi connectivity index (χ4n) is 3.17. The monoisotopic (exact) mass is 253 g/mol. The van der Waals surface area contributed by atoms with Crippen LogP contribution in [0.15, 0.2) is 0 Å². The van der Waals surface area contributed by atoms with Gasteiger partial charge in [-0.05, 0) is 19.3 Å². The first-order chi connectivity index (χ1) is 8.68. The van der Waals surface area contributed by atoms with Crippen LogP contribution in [-0.2, 0) is 9.59 Å². The standard InChI is InChI=1S/C14H23NO3/c16-13-9-8-11(14(17)18)10-15(13)12-6-4-2-1-3-5-7-12/h11-12H,1-10H2,(H,17,18). The molecule has 2 rings (SSSR count). The van der Waals surface area contributed by atoms with Crippen LogP contribution in [0.3, 0.4) is 0 Å². The van der Waals surface area contributed by atoms with Gasteiger partial charge in [-0.2, -0.15) is 0 Å². The van der Waals surface area contributed by atoms with E-state index in [0.717, 1.165) is 12.8 Å². The summed E-state index contributed by atoms with van der Waals surface area (Å²) in [5.41, 5.74) is 0. The van der Waals surface area contributed by atoms with Crippen molar-refractivity contribution in [2.45, 2.75) is 63.8 Å². The van der Waals surface area contributed by atoms with Crippen molar-refractivity contribution in [2.75, 3.05) is 6.54 Å². The highest BCUT2D eigenvalue weighted by atomic mass is 16.4. The number of hydrogen-bond donors (Lipinski definition) is 1. The highest BCUT2D eigenvalue weighted by Gasteiger charge is 2.33. The van der Waals surface area contributed by atoms with E-state index in [9.17, 15) is 9.59 Å². The maximum Gasteiger partial charge on any atom is 0.308 e. The first-order valence-corrected chi connectivity index (χ1v) is 7.21. The fourth-order valence-corrected chi connectivity index (χ4v) is 3.17. The third kappa shape index (κ3) is 3.24. The van der Waals surface area contributed by atoms with E-state index in [4.69, 9.17) is 5.11 Å². The molecule has 0 spiro atoms. The maximum absolute atomic E-state index is 12.0. The van der Waals surface area contributed by atoms with Crippen molar-refractivity contribution < 1.29 is 14.7 Å². The van der Waals surface area contributed by atoms with Gasteiger partial charge in [0.1, 0.15) is 0 Å². The van der Waals surface area contributed by atoms with E-state index >= 15 is 0 Å². The lowest BCUT2D eigenvalue weighted by molar-refractivity contribution is -0.149. The van der Waals surface area contributed by atoms with Gasteiger partial charge in [-0.1, -0.05) is 32.1 Å². The average molecular weight is 253 g/mol. The summed E-state index contributed by atoms with van der Waals surface area (Å²) in [4.78, 5) is 24.9. The molecule has 1 aliphatic carbocycles. The molecule has 0 radical (unpaired) electrons. The van der Waals surface area contributed by atoms with E-state index in [0.29, 0.717) is 25.4 Å². The van der Waals surface area contributed by atoms with E-state index in [1.54, 1.807) is 0 Å². The van der Waals surface area contributed by atoms with Crippen LogP contribution < -0.4 is 0 Å². The quantitative estimate of drug-likeness (QED) is 0.822. The molecule has 18 heavy (non-hydrogen) atoms. The molecule has 1 saturated carbocycles. The van der Waals surface area contributed by atoms with E-state index in [2.05, 4.69) is 0 Å². The van der Waals surface area contributed by atoms with Gasteiger partial charge in [0.25, 0.3) is 0 Å². The van der Waals surface area contributed by atoms with Crippen LogP contribution in [0.2, 0.25) is 0 Å². The van der Waals surface area contributed by atoms with Crippen molar-refractivity contribution in [3.8, 4) is 0 Å². The Morgan fingerprint density at radius 3 is 2.28 bits per heavy atom. The number of carboxylic acids is 1. The van der Waals surface area contributed by atoms with Crippen LogP contribution in [0, 0.1) is 5.92 Å². The second-order valence-electron chi connectivity index (χ2n) is 5.62. The lowest BCUT2D eigenvalue weighted by atomic mass is 9.91. The molecule has 0 aromatic carbocycles. The van der Waals surface area contributed by atoms with Crippen LogP contribution >= 0.6 is 0 Å². The van der Waals surface area contributed by atoms with Crippen LogP contribution in [0.25, 0.3) is 0 Å². The normalized spacial score (nSPS) is 27.7. The zero-order chi connectivity index (χ0) is 13.0. The highest BCUT2D eigenvalue weighted by molar-refractivity contribution is 5.80. The zero-order valence-corrected chi connectivity index (χ0v) is 10.9. The van der Waals surface area contributed by atoms with Crippen LogP contribution in [0.5, 0.6) is 0 Å². The predicted molar refractivity (Wildman–Crippen MR) is 68.2 cm³/mol. The van der Waals surface area contributed by atoms with Gasteiger partial charge in [0.05, 0.1) is 5.92 Å². The minimum atomic E-state index is -0.752. The molecule has 1 aliphatic heterocycles. The molecule has 1 atom stereocenters. The molecule has 1 unspecified atom stereocenters. The minimum absolute atomic E-state index is 0.165. The predicted octanol–water partition coefficient (Wildman–Crippen LogP) is 2.42. The number of carbonyl (C=O) groups excluding carboxylic acids is 1. The van der Waals surface area contributed by atoms with Crippen molar-refractivity contribution in [1.82, 2.24) is 4.90 Å². The van der Waals surface area contributed by atoms with Gasteiger partial charge < -0.3 is 10.0 Å². The Kier molecular flexibility index (Phi) is 4.61. The molecule has 1 heterocycles. The van der Waals surface area contributed by atoms with Gasteiger partial charge in [0, 0.05) is 19.0 Å². The summed E-state index contributed by atoms with van der Waals surface area (Å²) in [6, 6.07) is 0.292. The Morgan fingerprint density at radius 1 is 1.06 bits per heavy atom. The highest BCUT2D eigenvalue weighted by Crippen LogP contribution is 2.26. The van der Waals surface area contributed by atoms with Gasteiger partial charge in [-0.25, -0.2) is 0 Å². The second-order valence-corrected chi connectivity index (χ2v) is 5.62. The lowest BCUT2D eigenvalue weighted by Gasteiger charge is -2.38. The summed E-state index contributed by atoms with van der Waals surface area (Å²) in [6.07, 6.45) is 9.18. The molecule has 0 bridgehead atoms. The maximum atomic E-state index is 12.0. The van der Waals surface area contributed by atoms with Gasteiger partial charge >= 0.3 is 5.97 Å². The number of carbonyl (C=O) groups is 2. The molecule has 1 N–H and O–H groups in total. The van der Waals surface area contributed by atoms with Gasteiger partial charge in [-0.15, -0.1) is 0 Å². The molecule has 0 aromatic heterocycles. The molecule has 0 aromatic rings. The molecule has 2 aliphatic rings. The topological polar surface area (TPSA) is 57.6 Å². The fraction of sp³-hybridized carbons (Fsp3) is 0.857. The van der Waals surface area contributed by atoms with Gasteiger partial charge in [0.2, 0.25) is 5.91 Å². The van der Waals surface area contributed by atoms with Crippen molar-refractivity contribution in [2.24, 2.45) is 5.92 Å². The first kappa shape index (κ1) is 13.4. The zero-order valence-electron chi connectivity index (χ0n) is 10.9. The van der Waals surface area contributed by atoms with Crippen molar-refractivity contribution in [1.29, 1.82) is 0 Å².